The molecule has 2 rings (SSSR count). The van der Waals surface area contributed by atoms with Crippen molar-refractivity contribution < 1.29 is 13.9 Å². The fraction of sp³-hybridized carbons (Fsp3) is 0.333. The van der Waals surface area contributed by atoms with E-state index in [1.807, 2.05) is 6.92 Å². The van der Waals surface area contributed by atoms with Gasteiger partial charge in [0.05, 0.1) is 12.8 Å². The molecule has 0 saturated carbocycles. The van der Waals surface area contributed by atoms with E-state index in [1.54, 1.807) is 24.4 Å². The van der Waals surface area contributed by atoms with Crippen LogP contribution in [0.1, 0.15) is 18.7 Å². The van der Waals surface area contributed by atoms with Gasteiger partial charge in [0.1, 0.15) is 5.76 Å². The molecule has 7 heteroatoms. The number of nitrogens with one attached hydrogen (secondary N) is 1. The molecule has 0 aliphatic heterocycles. The zero-order chi connectivity index (χ0) is 15.9. The Hall–Kier alpha value is -2.54. The molecule has 7 nitrogen and oxygen atoms in total. The lowest BCUT2D eigenvalue weighted by molar-refractivity contribution is -0.123. The van der Waals surface area contributed by atoms with E-state index in [2.05, 4.69) is 5.32 Å². The summed E-state index contributed by atoms with van der Waals surface area (Å²) in [5.41, 5.74) is 5.25. The van der Waals surface area contributed by atoms with Crippen molar-refractivity contribution in [2.75, 3.05) is 13.2 Å². The van der Waals surface area contributed by atoms with E-state index in [1.165, 1.54) is 16.9 Å². The summed E-state index contributed by atoms with van der Waals surface area (Å²) in [5, 5.41) is 2.64. The van der Waals surface area contributed by atoms with Crippen LogP contribution in [0.5, 0.6) is 5.75 Å². The maximum absolute atomic E-state index is 12.2. The van der Waals surface area contributed by atoms with Crippen molar-refractivity contribution in [1.82, 2.24) is 9.88 Å². The van der Waals surface area contributed by atoms with Gasteiger partial charge in [-0.2, -0.15) is 0 Å². The van der Waals surface area contributed by atoms with Gasteiger partial charge in [-0.1, -0.05) is 0 Å². The third-order valence-electron chi connectivity index (χ3n) is 3.15. The highest BCUT2D eigenvalue weighted by Gasteiger charge is 2.10. The van der Waals surface area contributed by atoms with E-state index >= 15 is 0 Å². The van der Waals surface area contributed by atoms with Crippen molar-refractivity contribution in [2.24, 2.45) is 5.73 Å². The number of rotatable bonds is 7. The van der Waals surface area contributed by atoms with E-state index in [4.69, 9.17) is 14.9 Å². The smallest absolute Gasteiger partial charge is 0.293 e. The highest BCUT2D eigenvalue weighted by Crippen LogP contribution is 2.06. The van der Waals surface area contributed by atoms with Crippen LogP contribution in [0.15, 0.2) is 45.9 Å². The van der Waals surface area contributed by atoms with Gasteiger partial charge < -0.3 is 24.8 Å². The molecule has 0 aliphatic carbocycles. The standard InChI is InChI=1S/C15H19N3O4/c1-11(8-16)18-6-2-5-13(15(18)20)22-10-14(19)17-9-12-4-3-7-21-12/h2-7,11H,8-10,16H2,1H3,(H,17,19). The first-order chi connectivity index (χ1) is 10.6. The summed E-state index contributed by atoms with van der Waals surface area (Å²) < 4.78 is 11.9. The van der Waals surface area contributed by atoms with Crippen molar-refractivity contribution in [3.63, 3.8) is 0 Å². The van der Waals surface area contributed by atoms with Crippen molar-refractivity contribution in [1.29, 1.82) is 0 Å². The average molecular weight is 305 g/mol. The topological polar surface area (TPSA) is 99.5 Å². The lowest BCUT2D eigenvalue weighted by Gasteiger charge is -2.14. The number of nitrogens with zero attached hydrogens (tertiary/aromatic N) is 1. The van der Waals surface area contributed by atoms with E-state index in [-0.39, 0.29) is 36.4 Å². The van der Waals surface area contributed by atoms with Gasteiger partial charge in [-0.3, -0.25) is 9.59 Å². The molecule has 0 saturated heterocycles. The maximum atomic E-state index is 12.2. The Balaban J connectivity index is 1.91. The zero-order valence-corrected chi connectivity index (χ0v) is 12.3. The Morgan fingerprint density at radius 3 is 2.95 bits per heavy atom. The molecule has 2 aromatic heterocycles. The Bertz CT molecular complexity index is 664. The maximum Gasteiger partial charge on any atom is 0.293 e. The van der Waals surface area contributed by atoms with Gasteiger partial charge >= 0.3 is 0 Å². The quantitative estimate of drug-likeness (QED) is 0.782. The molecule has 0 fully saturated rings. The Kier molecular flexibility index (Phi) is 5.37. The number of hydrogen-bond acceptors (Lipinski definition) is 5. The fourth-order valence-corrected chi connectivity index (χ4v) is 1.85. The molecule has 0 aromatic carbocycles. The number of carbonyl (C=O) groups excluding carboxylic acids is 1. The normalized spacial score (nSPS) is 11.9. The highest BCUT2D eigenvalue weighted by atomic mass is 16.5. The van der Waals surface area contributed by atoms with Crippen LogP contribution in [0.2, 0.25) is 0 Å². The predicted molar refractivity (Wildman–Crippen MR) is 80.5 cm³/mol. The first-order valence-electron chi connectivity index (χ1n) is 6.95. The van der Waals surface area contributed by atoms with E-state index in [9.17, 15) is 9.59 Å². The van der Waals surface area contributed by atoms with Crippen LogP contribution in [0.3, 0.4) is 0 Å². The average Bonchev–Trinajstić information content (AvgIpc) is 3.04. The Morgan fingerprint density at radius 2 is 2.27 bits per heavy atom. The lowest BCUT2D eigenvalue weighted by Crippen LogP contribution is -2.31. The van der Waals surface area contributed by atoms with Crippen LogP contribution < -0.4 is 21.3 Å². The first kappa shape index (κ1) is 15.8. The van der Waals surface area contributed by atoms with Gasteiger partial charge in [-0.25, -0.2) is 0 Å². The molecule has 3 N–H and O–H groups in total. The lowest BCUT2D eigenvalue weighted by atomic mass is 10.3. The van der Waals surface area contributed by atoms with Crippen molar-refractivity contribution >= 4 is 5.91 Å². The van der Waals surface area contributed by atoms with Gasteiger partial charge in [0.15, 0.2) is 12.4 Å². The number of furan rings is 1. The van der Waals surface area contributed by atoms with Gasteiger partial charge in [-0.15, -0.1) is 0 Å². The Morgan fingerprint density at radius 1 is 1.45 bits per heavy atom. The molecule has 22 heavy (non-hydrogen) atoms. The molecule has 0 radical (unpaired) electrons. The summed E-state index contributed by atoms with van der Waals surface area (Å²) in [6.45, 7) is 2.21. The predicted octanol–water partition coefficient (Wildman–Crippen LogP) is 0.656. The fourth-order valence-electron chi connectivity index (χ4n) is 1.85. The van der Waals surface area contributed by atoms with Crippen LogP contribution in [0.4, 0.5) is 0 Å². The molecule has 0 aliphatic rings. The van der Waals surface area contributed by atoms with Crippen LogP contribution in [0, 0.1) is 0 Å². The Labute approximate surface area is 127 Å². The van der Waals surface area contributed by atoms with Crippen LogP contribution in [-0.4, -0.2) is 23.6 Å². The summed E-state index contributed by atoms with van der Waals surface area (Å²) in [6.07, 6.45) is 3.17. The second kappa shape index (κ2) is 7.46. The molecule has 1 amide bonds. The molecule has 118 valence electrons. The van der Waals surface area contributed by atoms with Crippen molar-refractivity contribution in [2.45, 2.75) is 19.5 Å². The van der Waals surface area contributed by atoms with E-state index in [0.29, 0.717) is 12.3 Å². The number of aromatic nitrogens is 1. The third kappa shape index (κ3) is 3.98. The number of ether oxygens (including phenoxy) is 1. The minimum absolute atomic E-state index is 0.121. The summed E-state index contributed by atoms with van der Waals surface area (Å²) in [4.78, 5) is 23.9. The van der Waals surface area contributed by atoms with Crippen LogP contribution in [-0.2, 0) is 11.3 Å². The first-order valence-corrected chi connectivity index (χ1v) is 6.95. The highest BCUT2D eigenvalue weighted by molar-refractivity contribution is 5.77. The van der Waals surface area contributed by atoms with Gasteiger partial charge in [-0.05, 0) is 31.2 Å². The van der Waals surface area contributed by atoms with Gasteiger partial charge in [0.25, 0.3) is 11.5 Å². The molecule has 2 aromatic rings. The summed E-state index contributed by atoms with van der Waals surface area (Å²) >= 11 is 0. The van der Waals surface area contributed by atoms with E-state index in [0.717, 1.165) is 0 Å². The third-order valence-corrected chi connectivity index (χ3v) is 3.15. The molecular weight excluding hydrogens is 286 g/mol. The number of nitrogens with two attached hydrogens (primary N) is 1. The van der Waals surface area contributed by atoms with Crippen LogP contribution >= 0.6 is 0 Å². The van der Waals surface area contributed by atoms with Gasteiger partial charge in [0, 0.05) is 18.8 Å². The summed E-state index contributed by atoms with van der Waals surface area (Å²) in [7, 11) is 0. The minimum Gasteiger partial charge on any atom is -0.478 e. The number of carbonyl (C=O) groups is 1. The summed E-state index contributed by atoms with van der Waals surface area (Å²) in [6, 6.07) is 6.57. The second-order valence-electron chi connectivity index (χ2n) is 4.81. The summed E-state index contributed by atoms with van der Waals surface area (Å²) in [5.74, 6) is 0.432. The largest absolute Gasteiger partial charge is 0.478 e. The molecule has 0 spiro atoms. The zero-order valence-electron chi connectivity index (χ0n) is 12.3. The molecule has 1 unspecified atom stereocenters. The molecule has 1 atom stereocenters. The number of amides is 1. The van der Waals surface area contributed by atoms with Crippen molar-refractivity contribution in [3.8, 4) is 5.75 Å². The minimum atomic E-state index is -0.335. The van der Waals surface area contributed by atoms with Crippen LogP contribution in [0.25, 0.3) is 0 Å². The van der Waals surface area contributed by atoms with Gasteiger partial charge in [0.2, 0.25) is 0 Å². The number of hydrogen-bond donors (Lipinski definition) is 2. The molecular formula is C15H19N3O4. The molecule has 0 bridgehead atoms. The number of pyridine rings is 1. The monoisotopic (exact) mass is 305 g/mol. The second-order valence-corrected chi connectivity index (χ2v) is 4.81. The SMILES string of the molecule is CC(CN)n1cccc(OCC(=O)NCc2ccco2)c1=O. The molecule has 2 heterocycles. The van der Waals surface area contributed by atoms with E-state index < -0.39 is 0 Å². The van der Waals surface area contributed by atoms with Crippen molar-refractivity contribution in [3.05, 3.63) is 52.8 Å².